The van der Waals surface area contributed by atoms with Crippen LogP contribution >= 0.6 is 0 Å². The van der Waals surface area contributed by atoms with Gasteiger partial charge in [-0.3, -0.25) is 0 Å². The molecule has 3 nitrogen and oxygen atoms in total. The minimum absolute atomic E-state index is 0.802. The molecule has 0 N–H and O–H groups in total. The van der Waals surface area contributed by atoms with Gasteiger partial charge >= 0.3 is 0 Å². The molecule has 0 saturated carbocycles. The summed E-state index contributed by atoms with van der Waals surface area (Å²) in [6.45, 7) is 2.13. The van der Waals surface area contributed by atoms with Crippen molar-refractivity contribution in [3.63, 3.8) is 0 Å². The van der Waals surface area contributed by atoms with Gasteiger partial charge in [0.05, 0.1) is 16.3 Å². The van der Waals surface area contributed by atoms with Gasteiger partial charge in [-0.15, -0.1) is 0 Å². The number of rotatable bonds is 0. The van der Waals surface area contributed by atoms with Gasteiger partial charge in [0.25, 0.3) is 5.69 Å². The quantitative estimate of drug-likeness (QED) is 0.392. The Kier molecular flexibility index (Phi) is 2.09. The van der Waals surface area contributed by atoms with Crippen LogP contribution in [0.3, 0.4) is 0 Å². The number of para-hydroxylation sites is 1. The van der Waals surface area contributed by atoms with Crippen LogP contribution in [-0.4, -0.2) is 0 Å². The third kappa shape index (κ3) is 1.33. The van der Waals surface area contributed by atoms with E-state index in [0.717, 1.165) is 28.2 Å². The van der Waals surface area contributed by atoms with Crippen molar-refractivity contribution in [2.24, 2.45) is 7.05 Å². The van der Waals surface area contributed by atoms with E-state index in [1.807, 2.05) is 12.1 Å². The Morgan fingerprint density at radius 3 is 2.77 bits per heavy atom. The lowest BCUT2D eigenvalue weighted by Crippen LogP contribution is -2.33. The Morgan fingerprint density at radius 2 is 1.86 bits per heavy atom. The second-order valence-electron chi connectivity index (χ2n) is 5.81. The van der Waals surface area contributed by atoms with Gasteiger partial charge in [-0.05, 0) is 24.6 Å². The molecule has 0 aliphatic carbocycles. The zero-order chi connectivity index (χ0) is 14.8. The zero-order valence-corrected chi connectivity index (χ0v) is 12.4. The van der Waals surface area contributed by atoms with E-state index < -0.39 is 0 Å². The van der Waals surface area contributed by atoms with Gasteiger partial charge in [0.1, 0.15) is 18.9 Å². The number of hydrogen-bond acceptors (Lipinski definition) is 2. The molecule has 0 amide bonds. The Morgan fingerprint density at radius 1 is 1.00 bits per heavy atom. The van der Waals surface area contributed by atoms with Crippen molar-refractivity contribution in [2.75, 3.05) is 0 Å². The molecule has 0 unspecified atom stereocenters. The SMILES string of the molecule is Cc1ccc2occ3c2c1-c1c(cc2ccccc2[n+]1C)O3. The smallest absolute Gasteiger partial charge is 0.257 e. The Labute approximate surface area is 127 Å². The minimum atomic E-state index is 0.802. The van der Waals surface area contributed by atoms with Crippen LogP contribution in [0, 0.1) is 6.92 Å². The largest absolute Gasteiger partial charge is 0.460 e. The Bertz CT molecular complexity index is 1080. The van der Waals surface area contributed by atoms with Crippen molar-refractivity contribution in [3.8, 4) is 22.8 Å². The van der Waals surface area contributed by atoms with Crippen LogP contribution < -0.4 is 9.30 Å². The summed E-state index contributed by atoms with van der Waals surface area (Å²) in [5, 5.41) is 2.24. The van der Waals surface area contributed by atoms with E-state index in [1.165, 1.54) is 22.0 Å². The van der Waals surface area contributed by atoms with Gasteiger partial charge in [-0.1, -0.05) is 18.2 Å². The predicted molar refractivity (Wildman–Crippen MR) is 85.1 cm³/mol. The Hall–Kier alpha value is -2.81. The first-order valence-electron chi connectivity index (χ1n) is 7.35. The predicted octanol–water partition coefficient (Wildman–Crippen LogP) is 4.49. The number of pyridine rings is 1. The zero-order valence-electron chi connectivity index (χ0n) is 12.4. The van der Waals surface area contributed by atoms with Crippen LogP contribution in [0.25, 0.3) is 33.1 Å². The van der Waals surface area contributed by atoms with Crippen LogP contribution in [0.15, 0.2) is 53.1 Å². The fraction of sp³-hybridized carbons (Fsp3) is 0.105. The highest BCUT2D eigenvalue weighted by Gasteiger charge is 2.31. The molecule has 2 aromatic carbocycles. The monoisotopic (exact) mass is 288 g/mol. The highest BCUT2D eigenvalue weighted by Crippen LogP contribution is 2.47. The number of aromatic nitrogens is 1. The summed E-state index contributed by atoms with van der Waals surface area (Å²) in [7, 11) is 2.09. The maximum atomic E-state index is 6.12. The topological polar surface area (TPSA) is 26.2 Å². The number of nitrogens with zero attached hydrogens (tertiary/aromatic N) is 1. The average Bonchev–Trinajstić information content (AvgIpc) is 2.94. The third-order valence-electron chi connectivity index (χ3n) is 4.53. The second-order valence-corrected chi connectivity index (χ2v) is 5.81. The van der Waals surface area contributed by atoms with Crippen LogP contribution in [0.5, 0.6) is 11.5 Å². The summed E-state index contributed by atoms with van der Waals surface area (Å²) >= 11 is 0. The maximum Gasteiger partial charge on any atom is 0.257 e. The van der Waals surface area contributed by atoms with Crippen molar-refractivity contribution in [2.45, 2.75) is 6.92 Å². The summed E-state index contributed by atoms with van der Waals surface area (Å²) < 4.78 is 14.0. The molecule has 0 spiro atoms. The molecule has 2 aromatic heterocycles. The molecule has 1 aliphatic heterocycles. The normalized spacial score (nSPS) is 12.5. The summed E-state index contributed by atoms with van der Waals surface area (Å²) in [6, 6.07) is 14.6. The van der Waals surface area contributed by atoms with Crippen molar-refractivity contribution in [3.05, 3.63) is 54.3 Å². The average molecular weight is 288 g/mol. The van der Waals surface area contributed by atoms with E-state index >= 15 is 0 Å². The highest BCUT2D eigenvalue weighted by molar-refractivity contribution is 6.02. The van der Waals surface area contributed by atoms with E-state index in [1.54, 1.807) is 6.26 Å². The van der Waals surface area contributed by atoms with E-state index in [9.17, 15) is 0 Å². The first kappa shape index (κ1) is 11.8. The standard InChI is InChI=1S/C19H14NO2/c1-11-7-8-14-18-16(10-21-14)22-15-9-12-5-3-4-6-13(12)20(2)19(15)17(11)18/h3-10H,1-2H3/q+1. The number of fused-ring (bicyclic) bond motifs is 3. The summed E-state index contributed by atoms with van der Waals surface area (Å²) in [6.07, 6.45) is 1.70. The summed E-state index contributed by atoms with van der Waals surface area (Å²) in [5.74, 6) is 1.68. The van der Waals surface area contributed by atoms with Crippen molar-refractivity contribution >= 4 is 21.9 Å². The molecular weight excluding hydrogens is 274 g/mol. The van der Waals surface area contributed by atoms with E-state index in [4.69, 9.17) is 9.15 Å². The summed E-state index contributed by atoms with van der Waals surface area (Å²) in [4.78, 5) is 0. The lowest BCUT2D eigenvalue weighted by Gasteiger charge is -2.17. The number of hydrogen-bond donors (Lipinski definition) is 0. The first-order chi connectivity index (χ1) is 10.7. The second kappa shape index (κ2) is 3.89. The van der Waals surface area contributed by atoms with E-state index in [2.05, 4.69) is 48.9 Å². The molecule has 0 fully saturated rings. The molecular formula is C19H14NO2+. The lowest BCUT2D eigenvalue weighted by molar-refractivity contribution is -0.633. The summed E-state index contributed by atoms with van der Waals surface area (Å²) in [5.41, 5.74) is 5.60. The molecule has 3 heteroatoms. The van der Waals surface area contributed by atoms with E-state index in [-0.39, 0.29) is 0 Å². The van der Waals surface area contributed by atoms with Gasteiger partial charge in [0, 0.05) is 12.1 Å². The number of benzene rings is 2. The molecule has 0 radical (unpaired) electrons. The molecule has 4 aromatic rings. The highest BCUT2D eigenvalue weighted by atomic mass is 16.5. The van der Waals surface area contributed by atoms with Gasteiger partial charge in [0.2, 0.25) is 5.52 Å². The fourth-order valence-electron chi connectivity index (χ4n) is 3.48. The van der Waals surface area contributed by atoms with Crippen molar-refractivity contribution in [1.82, 2.24) is 0 Å². The van der Waals surface area contributed by atoms with Crippen LogP contribution in [0.4, 0.5) is 0 Å². The number of furan rings is 1. The van der Waals surface area contributed by atoms with E-state index in [0.29, 0.717) is 0 Å². The molecule has 3 heterocycles. The molecule has 0 atom stereocenters. The molecule has 106 valence electrons. The van der Waals surface area contributed by atoms with Gasteiger partial charge in [-0.25, -0.2) is 0 Å². The molecule has 1 aliphatic rings. The Balaban J connectivity index is 2.02. The molecule has 0 saturated heterocycles. The third-order valence-corrected chi connectivity index (χ3v) is 4.53. The van der Waals surface area contributed by atoms with Crippen LogP contribution in [0.1, 0.15) is 5.56 Å². The van der Waals surface area contributed by atoms with Gasteiger partial charge < -0.3 is 9.15 Å². The van der Waals surface area contributed by atoms with Crippen LogP contribution in [0.2, 0.25) is 0 Å². The number of aryl methyl sites for hydroxylation is 2. The molecule has 5 rings (SSSR count). The molecule has 22 heavy (non-hydrogen) atoms. The van der Waals surface area contributed by atoms with Gasteiger partial charge in [0.15, 0.2) is 11.5 Å². The van der Waals surface area contributed by atoms with Crippen molar-refractivity contribution < 1.29 is 13.7 Å². The lowest BCUT2D eigenvalue weighted by atomic mass is 9.97. The number of ether oxygens (including phenoxy) is 1. The maximum absolute atomic E-state index is 6.12. The molecule has 0 bridgehead atoms. The van der Waals surface area contributed by atoms with Crippen LogP contribution in [-0.2, 0) is 7.05 Å². The minimum Gasteiger partial charge on any atom is -0.460 e. The van der Waals surface area contributed by atoms with Crippen molar-refractivity contribution in [1.29, 1.82) is 0 Å². The first-order valence-corrected chi connectivity index (χ1v) is 7.35. The van der Waals surface area contributed by atoms with Gasteiger partial charge in [-0.2, -0.15) is 4.57 Å². The fourth-order valence-corrected chi connectivity index (χ4v) is 3.48.